The van der Waals surface area contributed by atoms with Gasteiger partial charge in [-0.15, -0.1) is 0 Å². The van der Waals surface area contributed by atoms with Crippen LogP contribution in [0, 0.1) is 0 Å². The van der Waals surface area contributed by atoms with Crippen molar-refractivity contribution in [2.24, 2.45) is 0 Å². The van der Waals surface area contributed by atoms with Crippen molar-refractivity contribution in [1.29, 1.82) is 0 Å². The zero-order valence-corrected chi connectivity index (χ0v) is 8.07. The van der Waals surface area contributed by atoms with Gasteiger partial charge in [0.25, 0.3) is 0 Å². The third-order valence-corrected chi connectivity index (χ3v) is 2.40. The summed E-state index contributed by atoms with van der Waals surface area (Å²) in [7, 11) is 0. The summed E-state index contributed by atoms with van der Waals surface area (Å²) in [5.41, 5.74) is 1.82. The molecule has 1 aromatic carbocycles. The van der Waals surface area contributed by atoms with E-state index in [1.807, 2.05) is 43.3 Å². The molecule has 0 saturated carbocycles. The summed E-state index contributed by atoms with van der Waals surface area (Å²) in [6.45, 7) is 2.08. The molecule has 2 rings (SSSR count). The predicted octanol–water partition coefficient (Wildman–Crippen LogP) is 2.27. The molecule has 2 nitrogen and oxygen atoms in total. The van der Waals surface area contributed by atoms with E-state index in [0.29, 0.717) is 0 Å². The van der Waals surface area contributed by atoms with E-state index in [9.17, 15) is 4.79 Å². The van der Waals surface area contributed by atoms with E-state index < -0.39 is 0 Å². The minimum Gasteiger partial charge on any atom is -0.361 e. The van der Waals surface area contributed by atoms with Crippen molar-refractivity contribution in [2.45, 2.75) is 13.0 Å². The van der Waals surface area contributed by atoms with E-state index in [2.05, 4.69) is 0 Å². The summed E-state index contributed by atoms with van der Waals surface area (Å²) in [4.78, 5) is 11.4. The van der Waals surface area contributed by atoms with Crippen LogP contribution in [0.3, 0.4) is 0 Å². The minimum absolute atomic E-state index is 0.0985. The molecular formula is C12H12O2. The van der Waals surface area contributed by atoms with Crippen molar-refractivity contribution in [1.82, 2.24) is 0 Å². The predicted molar refractivity (Wildman–Crippen MR) is 53.9 cm³/mol. The van der Waals surface area contributed by atoms with E-state index in [4.69, 9.17) is 4.74 Å². The number of rotatable bonds is 1. The van der Waals surface area contributed by atoms with Gasteiger partial charge in [0.05, 0.1) is 0 Å². The second-order valence-electron chi connectivity index (χ2n) is 3.27. The number of benzene rings is 1. The van der Waals surface area contributed by atoms with Gasteiger partial charge in [0.1, 0.15) is 12.7 Å². The molecule has 0 radical (unpaired) electrons. The summed E-state index contributed by atoms with van der Waals surface area (Å²) in [6, 6.07) is 9.82. The van der Waals surface area contributed by atoms with Gasteiger partial charge >= 0.3 is 0 Å². The summed E-state index contributed by atoms with van der Waals surface area (Å²) in [6.07, 6.45) is 1.68. The largest absolute Gasteiger partial charge is 0.361 e. The first-order valence-corrected chi connectivity index (χ1v) is 4.69. The smallest absolute Gasteiger partial charge is 0.187 e. The highest BCUT2D eigenvalue weighted by atomic mass is 16.5. The number of Topliss-reactive ketones (excluding diaryl/α,β-unsaturated/α-hetero) is 1. The van der Waals surface area contributed by atoms with Crippen LogP contribution in [0.1, 0.15) is 18.6 Å². The van der Waals surface area contributed by atoms with Crippen LogP contribution < -0.4 is 0 Å². The number of hydrogen-bond acceptors (Lipinski definition) is 2. The Morgan fingerprint density at radius 3 is 2.71 bits per heavy atom. The Kier molecular flexibility index (Phi) is 2.46. The standard InChI is InChI=1S/C12H12O2/c1-2-10-11(13)8-14-12(10)9-6-4-3-5-7-9/h2-7,12H,8H2,1H3/b10-2-. The number of ketones is 1. The van der Waals surface area contributed by atoms with Crippen molar-refractivity contribution >= 4 is 5.78 Å². The highest BCUT2D eigenvalue weighted by Gasteiger charge is 2.29. The first kappa shape index (κ1) is 9.16. The molecule has 0 spiro atoms. The Hall–Kier alpha value is -1.41. The Morgan fingerprint density at radius 1 is 1.36 bits per heavy atom. The van der Waals surface area contributed by atoms with E-state index in [1.165, 1.54) is 0 Å². The zero-order chi connectivity index (χ0) is 9.97. The van der Waals surface area contributed by atoms with Crippen molar-refractivity contribution in [3.8, 4) is 0 Å². The topological polar surface area (TPSA) is 26.3 Å². The van der Waals surface area contributed by atoms with Crippen LogP contribution in [-0.2, 0) is 9.53 Å². The number of allylic oxidation sites excluding steroid dienone is 1. The van der Waals surface area contributed by atoms with Gasteiger partial charge in [0, 0.05) is 5.57 Å². The number of carbonyl (C=O) groups is 1. The second-order valence-corrected chi connectivity index (χ2v) is 3.27. The molecule has 1 atom stereocenters. The molecule has 2 heteroatoms. The number of hydrogen-bond donors (Lipinski definition) is 0. The molecule has 72 valence electrons. The zero-order valence-electron chi connectivity index (χ0n) is 8.07. The van der Waals surface area contributed by atoms with E-state index in [1.54, 1.807) is 0 Å². The maximum atomic E-state index is 11.4. The first-order chi connectivity index (χ1) is 6.83. The maximum Gasteiger partial charge on any atom is 0.187 e. The normalized spacial score (nSPS) is 24.5. The third-order valence-electron chi connectivity index (χ3n) is 2.40. The van der Waals surface area contributed by atoms with Gasteiger partial charge in [-0.1, -0.05) is 36.4 Å². The number of carbonyl (C=O) groups excluding carboxylic acids is 1. The van der Waals surface area contributed by atoms with Crippen LogP contribution in [0.15, 0.2) is 42.0 Å². The van der Waals surface area contributed by atoms with Gasteiger partial charge in [-0.2, -0.15) is 0 Å². The fraction of sp³-hybridized carbons (Fsp3) is 0.250. The van der Waals surface area contributed by atoms with Crippen LogP contribution in [0.2, 0.25) is 0 Å². The quantitative estimate of drug-likeness (QED) is 0.632. The molecule has 0 aromatic heterocycles. The van der Waals surface area contributed by atoms with Crippen LogP contribution in [0.25, 0.3) is 0 Å². The summed E-state index contributed by atoms with van der Waals surface area (Å²) in [5, 5.41) is 0. The van der Waals surface area contributed by atoms with E-state index >= 15 is 0 Å². The van der Waals surface area contributed by atoms with Crippen LogP contribution >= 0.6 is 0 Å². The van der Waals surface area contributed by atoms with Gasteiger partial charge in [-0.25, -0.2) is 0 Å². The SMILES string of the molecule is C/C=C1/C(=O)COC1c1ccccc1. The fourth-order valence-electron chi connectivity index (χ4n) is 1.69. The second kappa shape index (κ2) is 3.76. The van der Waals surface area contributed by atoms with E-state index in [-0.39, 0.29) is 18.5 Å². The molecule has 1 aliphatic heterocycles. The molecule has 1 heterocycles. The lowest BCUT2D eigenvalue weighted by Crippen LogP contribution is -2.00. The molecular weight excluding hydrogens is 176 g/mol. The maximum absolute atomic E-state index is 11.4. The fourth-order valence-corrected chi connectivity index (χ4v) is 1.69. The van der Waals surface area contributed by atoms with E-state index in [0.717, 1.165) is 11.1 Å². The Bertz CT molecular complexity index is 365. The molecule has 0 amide bonds. The average Bonchev–Trinajstić information content (AvgIpc) is 2.61. The molecule has 0 N–H and O–H groups in total. The van der Waals surface area contributed by atoms with Crippen molar-refractivity contribution in [2.75, 3.05) is 6.61 Å². The monoisotopic (exact) mass is 188 g/mol. The Morgan fingerprint density at radius 2 is 2.07 bits per heavy atom. The van der Waals surface area contributed by atoms with Gasteiger partial charge in [0.15, 0.2) is 5.78 Å². The lowest BCUT2D eigenvalue weighted by molar-refractivity contribution is -0.115. The van der Waals surface area contributed by atoms with Crippen molar-refractivity contribution in [3.05, 3.63) is 47.5 Å². The highest BCUT2D eigenvalue weighted by molar-refractivity contribution is 5.99. The van der Waals surface area contributed by atoms with Crippen molar-refractivity contribution in [3.63, 3.8) is 0 Å². The van der Waals surface area contributed by atoms with Crippen LogP contribution in [0.5, 0.6) is 0 Å². The number of ether oxygens (including phenoxy) is 1. The molecule has 1 aliphatic rings. The lowest BCUT2D eigenvalue weighted by Gasteiger charge is -2.09. The summed E-state index contributed by atoms with van der Waals surface area (Å²) >= 11 is 0. The molecule has 1 saturated heterocycles. The molecule has 0 bridgehead atoms. The molecule has 1 fully saturated rings. The van der Waals surface area contributed by atoms with Crippen molar-refractivity contribution < 1.29 is 9.53 Å². The average molecular weight is 188 g/mol. The molecule has 1 unspecified atom stereocenters. The van der Waals surface area contributed by atoms with Crippen LogP contribution in [0.4, 0.5) is 0 Å². The molecule has 1 aromatic rings. The van der Waals surface area contributed by atoms with Gasteiger partial charge < -0.3 is 4.74 Å². The third kappa shape index (κ3) is 1.49. The summed E-state index contributed by atoms with van der Waals surface area (Å²) < 4.78 is 5.44. The highest BCUT2D eigenvalue weighted by Crippen LogP contribution is 2.31. The van der Waals surface area contributed by atoms with Crippen LogP contribution in [-0.4, -0.2) is 12.4 Å². The van der Waals surface area contributed by atoms with Gasteiger partial charge in [-0.3, -0.25) is 4.79 Å². The van der Waals surface area contributed by atoms with Gasteiger partial charge in [0.2, 0.25) is 0 Å². The minimum atomic E-state index is -0.159. The lowest BCUT2D eigenvalue weighted by atomic mass is 10.0. The van der Waals surface area contributed by atoms with Gasteiger partial charge in [-0.05, 0) is 12.5 Å². The molecule has 14 heavy (non-hydrogen) atoms. The molecule has 0 aliphatic carbocycles. The Balaban J connectivity index is 2.33. The summed E-state index contributed by atoms with van der Waals surface area (Å²) in [5.74, 6) is 0.0985. The first-order valence-electron chi connectivity index (χ1n) is 4.69. The Labute approximate surface area is 83.2 Å².